The Labute approximate surface area is 316 Å². The molecule has 22 heteroatoms. The second kappa shape index (κ2) is 13.9. The van der Waals surface area contributed by atoms with E-state index in [0.717, 1.165) is 48.5 Å². The molecule has 6 aromatic carbocycles. The summed E-state index contributed by atoms with van der Waals surface area (Å²) in [4.78, 5) is -2.68. The van der Waals surface area contributed by atoms with Crippen LogP contribution in [0.2, 0.25) is 0 Å². The minimum Gasteiger partial charge on any atom is -0.504 e. The topological polar surface area (TPSA) is 287 Å². The molecule has 0 aliphatic carbocycles. The number of nitrogens with zero attached hydrogens (tertiary/aromatic N) is 4. The zero-order chi connectivity index (χ0) is 37.1. The first-order valence-corrected chi connectivity index (χ1v) is 19.6. The molecule has 0 unspecified atom stereocenters. The summed E-state index contributed by atoms with van der Waals surface area (Å²) in [5.41, 5.74) is -0.331. The first kappa shape index (κ1) is 39.0. The smallest absolute Gasteiger partial charge is 0.298 e. The molecule has 0 aliphatic heterocycles. The van der Waals surface area contributed by atoms with E-state index in [4.69, 9.17) is 0 Å². The molecule has 0 saturated heterocycles. The Kier molecular flexibility index (Phi) is 10.4. The first-order valence-electron chi connectivity index (χ1n) is 13.8. The number of benzene rings is 6. The minimum absolute atomic E-state index is 0. The molecule has 0 spiro atoms. The number of hydrogen-bond acceptors (Lipinski definition) is 13. The molecule has 0 aromatic heterocycles. The fraction of sp³-hybridized carbons (Fsp3) is 0. The molecule has 0 amide bonds. The Morgan fingerprint density at radius 2 is 0.923 bits per heavy atom. The average Bonchev–Trinajstić information content (AvgIpc) is 3.04. The van der Waals surface area contributed by atoms with Crippen molar-refractivity contribution in [1.29, 1.82) is 0 Å². The van der Waals surface area contributed by atoms with Gasteiger partial charge in [0.05, 0.1) is 31.7 Å². The van der Waals surface area contributed by atoms with Crippen LogP contribution in [0.3, 0.4) is 0 Å². The van der Waals surface area contributed by atoms with E-state index in [2.05, 4.69) is 20.5 Å². The number of azo groups is 2. The van der Waals surface area contributed by atoms with E-state index in [9.17, 15) is 57.0 Å². The predicted molar refractivity (Wildman–Crippen MR) is 187 cm³/mol. The molecule has 0 heterocycles. The minimum atomic E-state index is -5.06. The molecule has 0 atom stereocenters. The third kappa shape index (κ3) is 7.89. The van der Waals surface area contributed by atoms with Crippen molar-refractivity contribution in [3.63, 3.8) is 0 Å². The van der Waals surface area contributed by atoms with Crippen molar-refractivity contribution in [3.8, 4) is 5.75 Å². The fourth-order valence-electron chi connectivity index (χ4n) is 5.12. The van der Waals surface area contributed by atoms with Gasteiger partial charge in [0.2, 0.25) is 0 Å². The molecule has 0 saturated carbocycles. The van der Waals surface area contributed by atoms with E-state index in [-0.39, 0.29) is 68.2 Å². The van der Waals surface area contributed by atoms with Crippen LogP contribution in [0.5, 0.6) is 5.75 Å². The van der Waals surface area contributed by atoms with Gasteiger partial charge in [0.1, 0.15) is 10.6 Å². The van der Waals surface area contributed by atoms with E-state index < -0.39 is 71.5 Å². The molecule has 0 fully saturated rings. The van der Waals surface area contributed by atoms with Crippen LogP contribution >= 0.6 is 0 Å². The summed E-state index contributed by atoms with van der Waals surface area (Å²) in [6.07, 6.45) is 0. The summed E-state index contributed by atoms with van der Waals surface area (Å²) in [6.45, 7) is 0. The predicted octanol–water partition coefficient (Wildman–Crippen LogP) is 6.29. The molecule has 263 valence electrons. The fourth-order valence-corrected chi connectivity index (χ4v) is 7.30. The zero-order valence-corrected chi connectivity index (χ0v) is 31.4. The maximum atomic E-state index is 12.0. The van der Waals surface area contributed by atoms with Gasteiger partial charge in [-0.3, -0.25) is 18.2 Å². The van der Waals surface area contributed by atoms with Crippen molar-refractivity contribution in [2.45, 2.75) is 19.6 Å². The van der Waals surface area contributed by atoms with Crippen molar-refractivity contribution < 1.29 is 57.0 Å². The largest absolute Gasteiger partial charge is 0.504 e. The van der Waals surface area contributed by atoms with Crippen LogP contribution in [0.4, 0.5) is 22.7 Å². The molecule has 17 nitrogen and oxygen atoms in total. The van der Waals surface area contributed by atoms with E-state index in [1.807, 2.05) is 0 Å². The number of phenols is 1. The maximum Gasteiger partial charge on any atom is 0.298 e. The van der Waals surface area contributed by atoms with Crippen molar-refractivity contribution in [2.75, 3.05) is 0 Å². The van der Waals surface area contributed by atoms with Gasteiger partial charge in [-0.15, -0.1) is 20.5 Å². The number of fused-ring (bicyclic) bond motifs is 3. The Balaban J connectivity index is 0.00000523. The molecule has 5 N–H and O–H groups in total. The Morgan fingerprint density at radius 1 is 0.423 bits per heavy atom. The monoisotopic (exact) mass is 795 g/mol. The molecule has 6 aromatic rings. The van der Waals surface area contributed by atoms with Gasteiger partial charge in [0.25, 0.3) is 40.5 Å². The number of rotatable bonds is 8. The van der Waals surface area contributed by atoms with Crippen molar-refractivity contribution in [3.05, 3.63) is 91.0 Å². The van der Waals surface area contributed by atoms with Crippen LogP contribution in [0, 0.1) is 0 Å². The summed E-state index contributed by atoms with van der Waals surface area (Å²) in [7, 11) is -19.2. The van der Waals surface area contributed by atoms with Gasteiger partial charge in [0, 0.05) is 51.1 Å². The van der Waals surface area contributed by atoms with Gasteiger partial charge in [-0.1, -0.05) is 36.4 Å². The summed E-state index contributed by atoms with van der Waals surface area (Å²) in [5, 5.41) is 28.1. The van der Waals surface area contributed by atoms with Gasteiger partial charge < -0.3 is 5.11 Å². The Bertz CT molecular complexity index is 2990. The molecule has 6 rings (SSSR count). The van der Waals surface area contributed by atoms with E-state index in [1.165, 1.54) is 18.2 Å². The maximum absolute atomic E-state index is 12.0. The van der Waals surface area contributed by atoms with Crippen LogP contribution < -0.4 is 0 Å². The van der Waals surface area contributed by atoms with Crippen LogP contribution in [-0.4, -0.2) is 86.5 Å². The molecule has 1 radical (unpaired) electrons. The van der Waals surface area contributed by atoms with Crippen LogP contribution in [-0.2, 0) is 40.5 Å². The van der Waals surface area contributed by atoms with Crippen molar-refractivity contribution in [1.82, 2.24) is 0 Å². The SMILES string of the molecule is O=S(=O)(O)c1cc(N=Nc2ccc(N=Nc3c(O)c(S(=O)(=O)O)cc4cc(S(=O)(=O)O)ccc34)c3ccccc23)c2cc(S(=O)(=O)O)ccc2c1.[Na]. The third-order valence-electron chi connectivity index (χ3n) is 7.47. The van der Waals surface area contributed by atoms with Crippen LogP contribution in [0.15, 0.2) is 131 Å². The van der Waals surface area contributed by atoms with E-state index >= 15 is 0 Å². The molecular formula is C30H20N4NaO13S4. The number of hydrogen-bond donors (Lipinski definition) is 5. The van der Waals surface area contributed by atoms with Crippen molar-refractivity contribution in [2.24, 2.45) is 20.5 Å². The van der Waals surface area contributed by atoms with Crippen LogP contribution in [0.25, 0.3) is 32.3 Å². The van der Waals surface area contributed by atoms with E-state index in [0.29, 0.717) is 10.8 Å². The van der Waals surface area contributed by atoms with Gasteiger partial charge in [-0.05, 0) is 65.4 Å². The second-order valence-corrected chi connectivity index (χ2v) is 16.4. The number of phenolic OH excluding ortho intramolecular Hbond substituents is 1. The molecular weight excluding hydrogens is 776 g/mol. The summed E-state index contributed by atoms with van der Waals surface area (Å²) >= 11 is 0. The summed E-state index contributed by atoms with van der Waals surface area (Å²) in [5.74, 6) is -1.00. The van der Waals surface area contributed by atoms with Gasteiger partial charge >= 0.3 is 0 Å². The first-order chi connectivity index (χ1) is 23.7. The van der Waals surface area contributed by atoms with Crippen molar-refractivity contribution >= 4 is 125 Å². The zero-order valence-electron chi connectivity index (χ0n) is 26.1. The molecule has 0 aliphatic rings. The van der Waals surface area contributed by atoms with Gasteiger partial charge in [-0.2, -0.15) is 33.7 Å². The summed E-state index contributed by atoms with van der Waals surface area (Å²) < 4.78 is 133. The summed E-state index contributed by atoms with van der Waals surface area (Å²) in [6, 6.07) is 18.4. The van der Waals surface area contributed by atoms with Gasteiger partial charge in [0.15, 0.2) is 5.75 Å². The van der Waals surface area contributed by atoms with Crippen LogP contribution in [0.1, 0.15) is 0 Å². The average molecular weight is 796 g/mol. The van der Waals surface area contributed by atoms with Gasteiger partial charge in [-0.25, -0.2) is 0 Å². The Morgan fingerprint density at radius 3 is 1.48 bits per heavy atom. The second-order valence-electron chi connectivity index (χ2n) is 10.7. The quantitative estimate of drug-likeness (QED) is 0.0644. The Hall–Kier alpha value is -4.26. The molecule has 52 heavy (non-hydrogen) atoms. The normalized spacial score (nSPS) is 13.0. The third-order valence-corrected chi connectivity index (χ3v) is 10.9. The molecule has 0 bridgehead atoms. The standard InChI is InChI=1S/C30H20N4O13S4.Na/c35-30-28(51(45,46)47)13-17-12-18(48(36,37)38)7-8-21(17)29(30)34-32-26-10-9-25(22-3-1-2-4-23(22)26)31-33-27-15-20(50(42,43)44)11-16-5-6-19(14-24(16)27)49(39,40)41;/h1-15,35H,(H,36,37,38)(H,39,40,41)(H,42,43,44)(H,45,46,47);. The number of aromatic hydroxyl groups is 1. The van der Waals surface area contributed by atoms with E-state index in [1.54, 1.807) is 24.3 Å².